The Morgan fingerprint density at radius 2 is 2.03 bits per heavy atom. The van der Waals surface area contributed by atoms with E-state index in [2.05, 4.69) is 35.5 Å². The number of aromatic nitrogens is 1. The van der Waals surface area contributed by atoms with E-state index in [9.17, 15) is 15.0 Å². The molecule has 2 aromatic rings. The number of urea groups is 1. The molecular formula is C22H31N3O4. The van der Waals surface area contributed by atoms with Crippen LogP contribution in [0.3, 0.4) is 0 Å². The largest absolute Gasteiger partial charge is 0.506 e. The first-order valence-electron chi connectivity index (χ1n) is 9.96. The average molecular weight is 402 g/mol. The fourth-order valence-electron chi connectivity index (χ4n) is 3.82. The number of carbonyl (C=O) groups is 1. The summed E-state index contributed by atoms with van der Waals surface area (Å²) in [5.41, 5.74) is 5.75. The molecule has 1 unspecified atom stereocenters. The maximum Gasteiger partial charge on any atom is 0.315 e. The zero-order valence-electron chi connectivity index (χ0n) is 17.8. The van der Waals surface area contributed by atoms with Gasteiger partial charge >= 0.3 is 6.03 Å². The number of aromatic hydroxyl groups is 1. The molecule has 29 heavy (non-hydrogen) atoms. The van der Waals surface area contributed by atoms with Crippen LogP contribution in [0.15, 0.2) is 12.1 Å². The number of aromatic amines is 1. The van der Waals surface area contributed by atoms with Crippen molar-refractivity contribution >= 4 is 6.03 Å². The number of nitrogens with one attached hydrogen (secondary N) is 3. The van der Waals surface area contributed by atoms with Gasteiger partial charge in [0.1, 0.15) is 18.1 Å². The fraction of sp³-hybridized carbons (Fsp3) is 0.500. The summed E-state index contributed by atoms with van der Waals surface area (Å²) in [6, 6.07) is 3.72. The normalized spacial score (nSPS) is 15.4. The molecule has 1 aromatic carbocycles. The van der Waals surface area contributed by atoms with E-state index in [4.69, 9.17) is 4.74 Å². The minimum atomic E-state index is -0.667. The highest BCUT2D eigenvalue weighted by Crippen LogP contribution is 2.43. The summed E-state index contributed by atoms with van der Waals surface area (Å²) < 4.78 is 5.87. The maximum absolute atomic E-state index is 11.9. The fourth-order valence-corrected chi connectivity index (χ4v) is 3.82. The summed E-state index contributed by atoms with van der Waals surface area (Å²) in [6.07, 6.45) is 0.708. The first-order chi connectivity index (χ1) is 13.6. The molecular weight excluding hydrogens is 370 g/mol. The standard InChI is InChI=1S/C22H31N3O4/c1-12-8-15(29-7-6-23-21(28)25-22(4,5)11-26)9-17-13(2)19-18(10-16(12)17)20(27)14(3)24-19/h8-9,13,24,26-27H,6-7,10-11H2,1-5H3,(H2,23,25,28). The quantitative estimate of drug-likeness (QED) is 0.480. The number of benzene rings is 1. The van der Waals surface area contributed by atoms with Gasteiger partial charge in [-0.05, 0) is 56.5 Å². The van der Waals surface area contributed by atoms with Gasteiger partial charge in [-0.2, -0.15) is 0 Å². The van der Waals surface area contributed by atoms with E-state index in [1.165, 1.54) is 11.1 Å². The van der Waals surface area contributed by atoms with Crippen molar-refractivity contribution in [1.82, 2.24) is 15.6 Å². The van der Waals surface area contributed by atoms with Gasteiger partial charge in [-0.15, -0.1) is 0 Å². The minimum absolute atomic E-state index is 0.136. The second-order valence-corrected chi connectivity index (χ2v) is 8.47. The third kappa shape index (κ3) is 4.34. The van der Waals surface area contributed by atoms with Crippen molar-refractivity contribution < 1.29 is 19.7 Å². The van der Waals surface area contributed by atoms with Gasteiger partial charge in [-0.3, -0.25) is 0 Å². The molecule has 0 saturated carbocycles. The smallest absolute Gasteiger partial charge is 0.315 e. The Balaban J connectivity index is 1.64. The van der Waals surface area contributed by atoms with Gasteiger partial charge in [0.2, 0.25) is 0 Å². The second kappa shape index (κ2) is 7.99. The van der Waals surface area contributed by atoms with Crippen molar-refractivity contribution in [2.45, 2.75) is 52.5 Å². The lowest BCUT2D eigenvalue weighted by molar-refractivity contribution is 0.181. The van der Waals surface area contributed by atoms with E-state index in [1.54, 1.807) is 13.8 Å². The molecule has 158 valence electrons. The zero-order valence-corrected chi connectivity index (χ0v) is 17.8. The van der Waals surface area contributed by atoms with Crippen LogP contribution in [-0.2, 0) is 6.42 Å². The molecule has 0 radical (unpaired) electrons. The molecule has 1 aromatic heterocycles. The summed E-state index contributed by atoms with van der Waals surface area (Å²) in [4.78, 5) is 15.2. The van der Waals surface area contributed by atoms with Crippen LogP contribution in [0.5, 0.6) is 11.5 Å². The summed E-state index contributed by atoms with van der Waals surface area (Å²) >= 11 is 0. The Morgan fingerprint density at radius 3 is 2.72 bits per heavy atom. The number of aryl methyl sites for hydroxylation is 2. The number of fused-ring (bicyclic) bond motifs is 2. The number of hydrogen-bond acceptors (Lipinski definition) is 4. The Hall–Kier alpha value is -2.67. The number of H-pyrrole nitrogens is 1. The van der Waals surface area contributed by atoms with Crippen LogP contribution in [-0.4, -0.2) is 46.5 Å². The maximum atomic E-state index is 11.9. The minimum Gasteiger partial charge on any atom is -0.506 e. The highest BCUT2D eigenvalue weighted by Gasteiger charge is 2.29. The van der Waals surface area contributed by atoms with E-state index in [0.29, 0.717) is 25.3 Å². The molecule has 7 nitrogen and oxygen atoms in total. The molecule has 1 heterocycles. The zero-order chi connectivity index (χ0) is 21.3. The summed E-state index contributed by atoms with van der Waals surface area (Å²) in [5, 5.41) is 25.0. The summed E-state index contributed by atoms with van der Waals surface area (Å²) in [7, 11) is 0. The lowest BCUT2D eigenvalue weighted by Gasteiger charge is -2.26. The molecule has 0 saturated heterocycles. The lowest BCUT2D eigenvalue weighted by Crippen LogP contribution is -2.51. The van der Waals surface area contributed by atoms with Crippen LogP contribution >= 0.6 is 0 Å². The highest BCUT2D eigenvalue weighted by molar-refractivity contribution is 5.74. The molecule has 0 spiro atoms. The van der Waals surface area contributed by atoms with Gasteiger partial charge in [-0.1, -0.05) is 6.92 Å². The third-order valence-electron chi connectivity index (χ3n) is 5.53. The number of aliphatic hydroxyl groups excluding tert-OH is 1. The number of hydrogen-bond donors (Lipinski definition) is 5. The van der Waals surface area contributed by atoms with Gasteiger partial charge < -0.3 is 30.6 Å². The van der Waals surface area contributed by atoms with Crippen molar-refractivity contribution in [3.8, 4) is 11.5 Å². The van der Waals surface area contributed by atoms with E-state index in [0.717, 1.165) is 28.3 Å². The SMILES string of the molecule is Cc1cc(OCCNC(=O)NC(C)(C)CO)cc2c1Cc1c([nH]c(C)c1O)C2C. The summed E-state index contributed by atoms with van der Waals surface area (Å²) in [6.45, 7) is 10.1. The van der Waals surface area contributed by atoms with Crippen molar-refractivity contribution in [3.63, 3.8) is 0 Å². The van der Waals surface area contributed by atoms with Crippen LogP contribution in [0, 0.1) is 13.8 Å². The topological polar surface area (TPSA) is 107 Å². The monoisotopic (exact) mass is 401 g/mol. The molecule has 1 atom stereocenters. The molecule has 3 rings (SSSR count). The first-order valence-corrected chi connectivity index (χ1v) is 9.96. The molecule has 2 amide bonds. The number of amides is 2. The van der Waals surface area contributed by atoms with Crippen LogP contribution < -0.4 is 15.4 Å². The Bertz CT molecular complexity index is 917. The van der Waals surface area contributed by atoms with Crippen LogP contribution in [0.2, 0.25) is 0 Å². The number of rotatable bonds is 6. The van der Waals surface area contributed by atoms with Crippen molar-refractivity contribution in [2.24, 2.45) is 0 Å². The van der Waals surface area contributed by atoms with Gasteiger partial charge in [0.15, 0.2) is 0 Å². The van der Waals surface area contributed by atoms with E-state index >= 15 is 0 Å². The second-order valence-electron chi connectivity index (χ2n) is 8.47. The van der Waals surface area contributed by atoms with Crippen LogP contribution in [0.4, 0.5) is 4.79 Å². The van der Waals surface area contributed by atoms with Gasteiger partial charge in [0.05, 0.1) is 24.4 Å². The molecule has 5 N–H and O–H groups in total. The first kappa shape index (κ1) is 21.0. The van der Waals surface area contributed by atoms with Gasteiger partial charge in [0.25, 0.3) is 0 Å². The van der Waals surface area contributed by atoms with Gasteiger partial charge in [0, 0.05) is 23.6 Å². The Kier molecular flexibility index (Phi) is 5.80. The molecule has 0 fully saturated rings. The van der Waals surface area contributed by atoms with E-state index < -0.39 is 5.54 Å². The van der Waals surface area contributed by atoms with Crippen LogP contribution in [0.1, 0.15) is 60.3 Å². The van der Waals surface area contributed by atoms with Crippen molar-refractivity contribution in [3.05, 3.63) is 45.8 Å². The third-order valence-corrected chi connectivity index (χ3v) is 5.53. The molecule has 0 bridgehead atoms. The van der Waals surface area contributed by atoms with Crippen molar-refractivity contribution in [1.29, 1.82) is 0 Å². The molecule has 1 aliphatic rings. The Labute approximate surface area is 171 Å². The Morgan fingerprint density at radius 1 is 1.31 bits per heavy atom. The predicted molar refractivity (Wildman–Crippen MR) is 112 cm³/mol. The van der Waals surface area contributed by atoms with Crippen molar-refractivity contribution in [2.75, 3.05) is 19.8 Å². The van der Waals surface area contributed by atoms with Crippen LogP contribution in [0.25, 0.3) is 0 Å². The summed E-state index contributed by atoms with van der Waals surface area (Å²) in [5.74, 6) is 1.27. The lowest BCUT2D eigenvalue weighted by atomic mass is 9.80. The number of ether oxygens (including phenoxy) is 1. The number of carbonyl (C=O) groups excluding carboxylic acids is 1. The van der Waals surface area contributed by atoms with E-state index in [1.807, 2.05) is 13.0 Å². The average Bonchev–Trinajstić information content (AvgIpc) is 2.94. The highest BCUT2D eigenvalue weighted by atomic mass is 16.5. The van der Waals surface area contributed by atoms with E-state index in [-0.39, 0.29) is 18.6 Å². The number of aliphatic hydroxyl groups is 1. The molecule has 0 aliphatic heterocycles. The van der Waals surface area contributed by atoms with Gasteiger partial charge in [-0.25, -0.2) is 4.79 Å². The molecule has 7 heteroatoms. The predicted octanol–water partition coefficient (Wildman–Crippen LogP) is 2.84. The molecule has 1 aliphatic carbocycles.